The molecule has 2 heterocycles. The Morgan fingerprint density at radius 1 is 1.16 bits per heavy atom. The fraction of sp³-hybridized carbons (Fsp3) is 0.0714. The topological polar surface area (TPSA) is 54.4 Å². The molecule has 1 aromatic carbocycles. The van der Waals surface area contributed by atoms with Crippen molar-refractivity contribution in [3.8, 4) is 0 Å². The molecular formula is C14H10ClN3O. The minimum absolute atomic E-state index is 0.0916. The number of hydrogen-bond donors (Lipinski definition) is 1. The number of aliphatic imine (C=N–C) groups is 1. The van der Waals surface area contributed by atoms with E-state index in [-0.39, 0.29) is 12.5 Å². The van der Waals surface area contributed by atoms with Crippen molar-refractivity contribution in [2.24, 2.45) is 4.99 Å². The van der Waals surface area contributed by atoms with Gasteiger partial charge in [-0.05, 0) is 24.3 Å². The van der Waals surface area contributed by atoms with Gasteiger partial charge in [0, 0.05) is 22.3 Å². The number of pyridine rings is 1. The largest absolute Gasteiger partial charge is 0.309 e. The number of carbonyl (C=O) groups is 1. The molecule has 0 bridgehead atoms. The summed E-state index contributed by atoms with van der Waals surface area (Å²) in [6.45, 7) is 0.0916. The average molecular weight is 272 g/mol. The van der Waals surface area contributed by atoms with Crippen LogP contribution in [0.15, 0.2) is 47.6 Å². The van der Waals surface area contributed by atoms with Crippen molar-refractivity contribution in [3.05, 3.63) is 58.7 Å². The van der Waals surface area contributed by atoms with E-state index >= 15 is 0 Å². The van der Waals surface area contributed by atoms with Crippen LogP contribution in [0.3, 0.4) is 0 Å². The Morgan fingerprint density at radius 3 is 2.74 bits per heavy atom. The number of nitrogens with one attached hydrogen (secondary N) is 1. The molecule has 2 aromatic rings. The molecule has 0 saturated carbocycles. The highest BCUT2D eigenvalue weighted by molar-refractivity contribution is 6.30. The summed E-state index contributed by atoms with van der Waals surface area (Å²) in [5.74, 6) is 0.377. The van der Waals surface area contributed by atoms with E-state index in [0.717, 1.165) is 16.8 Å². The normalized spacial score (nSPS) is 14.2. The minimum atomic E-state index is -0.163. The van der Waals surface area contributed by atoms with Gasteiger partial charge in [0.2, 0.25) is 5.91 Å². The smallest absolute Gasteiger partial charge is 0.247 e. The molecule has 1 aromatic heterocycles. The lowest BCUT2D eigenvalue weighted by atomic mass is 10.0. The second-order valence-electron chi connectivity index (χ2n) is 4.12. The SMILES string of the molecule is O=C1CN=C(c2ccc(Cl)cc2)c2cccnc2N1. The van der Waals surface area contributed by atoms with Crippen molar-refractivity contribution in [1.82, 2.24) is 4.98 Å². The molecule has 4 nitrogen and oxygen atoms in total. The van der Waals surface area contributed by atoms with Crippen LogP contribution >= 0.6 is 11.6 Å². The van der Waals surface area contributed by atoms with E-state index in [9.17, 15) is 4.79 Å². The maximum atomic E-state index is 11.6. The lowest BCUT2D eigenvalue weighted by Gasteiger charge is -2.08. The van der Waals surface area contributed by atoms with Crippen LogP contribution < -0.4 is 5.32 Å². The number of hydrogen-bond acceptors (Lipinski definition) is 3. The van der Waals surface area contributed by atoms with Gasteiger partial charge in [-0.3, -0.25) is 9.79 Å². The molecule has 1 aliphatic rings. The summed E-state index contributed by atoms with van der Waals surface area (Å²) in [6, 6.07) is 11.1. The second-order valence-corrected chi connectivity index (χ2v) is 4.56. The highest BCUT2D eigenvalue weighted by Gasteiger charge is 2.18. The summed E-state index contributed by atoms with van der Waals surface area (Å²) in [4.78, 5) is 20.1. The Bertz CT molecular complexity index is 665. The van der Waals surface area contributed by atoms with Crippen molar-refractivity contribution < 1.29 is 4.79 Å². The van der Waals surface area contributed by atoms with E-state index in [1.54, 1.807) is 18.3 Å². The van der Waals surface area contributed by atoms with E-state index in [4.69, 9.17) is 11.6 Å². The highest BCUT2D eigenvalue weighted by atomic mass is 35.5. The molecule has 5 heteroatoms. The molecule has 0 aliphatic carbocycles. The lowest BCUT2D eigenvalue weighted by Crippen LogP contribution is -2.14. The maximum Gasteiger partial charge on any atom is 0.247 e. The first-order valence-corrected chi connectivity index (χ1v) is 6.17. The van der Waals surface area contributed by atoms with Gasteiger partial charge in [0.05, 0.1) is 5.71 Å². The van der Waals surface area contributed by atoms with Crippen molar-refractivity contribution in [2.75, 3.05) is 11.9 Å². The number of carbonyl (C=O) groups excluding carboxylic acids is 1. The van der Waals surface area contributed by atoms with Gasteiger partial charge >= 0.3 is 0 Å². The molecule has 19 heavy (non-hydrogen) atoms. The van der Waals surface area contributed by atoms with Gasteiger partial charge in [0.15, 0.2) is 0 Å². The Kier molecular flexibility index (Phi) is 3.01. The third kappa shape index (κ3) is 2.35. The average Bonchev–Trinajstić information content (AvgIpc) is 2.58. The summed E-state index contributed by atoms with van der Waals surface area (Å²) in [5, 5.41) is 3.41. The molecule has 1 N–H and O–H groups in total. The summed E-state index contributed by atoms with van der Waals surface area (Å²) < 4.78 is 0. The number of aromatic nitrogens is 1. The number of amides is 1. The van der Waals surface area contributed by atoms with Crippen molar-refractivity contribution in [1.29, 1.82) is 0 Å². The summed E-state index contributed by atoms with van der Waals surface area (Å²) in [5.41, 5.74) is 2.48. The number of benzene rings is 1. The standard InChI is InChI=1S/C14H10ClN3O/c15-10-5-3-9(4-6-10)13-11-2-1-7-16-14(11)18-12(19)8-17-13/h1-7H,8H2,(H,16,18,19). The van der Waals surface area contributed by atoms with Crippen LogP contribution in [-0.2, 0) is 4.79 Å². The molecule has 0 spiro atoms. The fourth-order valence-corrected chi connectivity index (χ4v) is 2.08. The zero-order valence-corrected chi connectivity index (χ0v) is 10.7. The molecule has 3 rings (SSSR count). The van der Waals surface area contributed by atoms with Gasteiger partial charge in [-0.15, -0.1) is 0 Å². The zero-order chi connectivity index (χ0) is 13.2. The zero-order valence-electron chi connectivity index (χ0n) is 9.93. The van der Waals surface area contributed by atoms with E-state index in [1.165, 1.54) is 0 Å². The van der Waals surface area contributed by atoms with Crippen LogP contribution in [0.25, 0.3) is 0 Å². The first-order valence-electron chi connectivity index (χ1n) is 5.80. The summed E-state index contributed by atoms with van der Waals surface area (Å²) in [6.07, 6.45) is 1.64. The third-order valence-corrected chi connectivity index (χ3v) is 3.07. The maximum absolute atomic E-state index is 11.6. The van der Waals surface area contributed by atoms with Gasteiger partial charge in [0.25, 0.3) is 0 Å². The quantitative estimate of drug-likeness (QED) is 0.866. The minimum Gasteiger partial charge on any atom is -0.309 e. The highest BCUT2D eigenvalue weighted by Crippen LogP contribution is 2.21. The van der Waals surface area contributed by atoms with Gasteiger partial charge in [-0.2, -0.15) is 0 Å². The Hall–Kier alpha value is -2.20. The van der Waals surface area contributed by atoms with Crippen molar-refractivity contribution in [3.63, 3.8) is 0 Å². The molecule has 0 unspecified atom stereocenters. The van der Waals surface area contributed by atoms with E-state index in [0.29, 0.717) is 10.8 Å². The van der Waals surface area contributed by atoms with Crippen molar-refractivity contribution in [2.45, 2.75) is 0 Å². The first-order chi connectivity index (χ1) is 9.24. The Morgan fingerprint density at radius 2 is 1.95 bits per heavy atom. The van der Waals surface area contributed by atoms with Gasteiger partial charge in [-0.1, -0.05) is 23.7 Å². The molecule has 94 valence electrons. The molecule has 0 radical (unpaired) electrons. The number of rotatable bonds is 1. The van der Waals surface area contributed by atoms with Crippen LogP contribution in [0.1, 0.15) is 11.1 Å². The van der Waals surface area contributed by atoms with E-state index in [1.807, 2.05) is 24.3 Å². The molecular weight excluding hydrogens is 262 g/mol. The third-order valence-electron chi connectivity index (χ3n) is 2.82. The summed E-state index contributed by atoms with van der Waals surface area (Å²) in [7, 11) is 0. The summed E-state index contributed by atoms with van der Waals surface area (Å²) >= 11 is 5.89. The molecule has 1 aliphatic heterocycles. The monoisotopic (exact) mass is 271 g/mol. The lowest BCUT2D eigenvalue weighted by molar-refractivity contribution is -0.114. The predicted molar refractivity (Wildman–Crippen MR) is 74.8 cm³/mol. The number of halogens is 1. The van der Waals surface area contributed by atoms with Crippen LogP contribution in [0, 0.1) is 0 Å². The Labute approximate surface area is 115 Å². The molecule has 0 atom stereocenters. The van der Waals surface area contributed by atoms with Gasteiger partial charge in [-0.25, -0.2) is 4.98 Å². The Balaban J connectivity index is 2.14. The predicted octanol–water partition coefficient (Wildman–Crippen LogP) is 2.52. The first kappa shape index (κ1) is 11.9. The number of fused-ring (bicyclic) bond motifs is 1. The van der Waals surface area contributed by atoms with Crippen LogP contribution in [0.5, 0.6) is 0 Å². The number of anilines is 1. The van der Waals surface area contributed by atoms with Gasteiger partial charge in [0.1, 0.15) is 12.4 Å². The van der Waals surface area contributed by atoms with Crippen LogP contribution in [-0.4, -0.2) is 23.1 Å². The molecule has 0 saturated heterocycles. The van der Waals surface area contributed by atoms with E-state index < -0.39 is 0 Å². The van der Waals surface area contributed by atoms with Gasteiger partial charge < -0.3 is 5.32 Å². The fourth-order valence-electron chi connectivity index (χ4n) is 1.96. The molecule has 1 amide bonds. The number of nitrogens with zero attached hydrogens (tertiary/aromatic N) is 2. The van der Waals surface area contributed by atoms with E-state index in [2.05, 4.69) is 15.3 Å². The van der Waals surface area contributed by atoms with Crippen LogP contribution in [0.2, 0.25) is 5.02 Å². The van der Waals surface area contributed by atoms with Crippen molar-refractivity contribution >= 4 is 29.0 Å². The molecule has 0 fully saturated rings. The second kappa shape index (κ2) is 4.82. The van der Waals surface area contributed by atoms with Crippen LogP contribution in [0.4, 0.5) is 5.82 Å².